The molecule has 2 aromatic carbocycles. The number of carbonyl (C=O) groups is 1. The number of benzene rings is 2. The van der Waals surface area contributed by atoms with Gasteiger partial charge in [0.15, 0.2) is 5.11 Å². The molecular weight excluding hydrogens is 522 g/mol. The molecule has 2 atom stereocenters. The Morgan fingerprint density at radius 3 is 2.52 bits per heavy atom. The van der Waals surface area contributed by atoms with Gasteiger partial charge in [0.25, 0.3) is 0 Å². The molecule has 2 N–H and O–H groups in total. The number of aryl methyl sites for hydroxylation is 1. The van der Waals surface area contributed by atoms with Gasteiger partial charge in [0.2, 0.25) is 5.91 Å². The lowest BCUT2D eigenvalue weighted by Gasteiger charge is -2.29. The third kappa shape index (κ3) is 5.43. The lowest BCUT2D eigenvalue weighted by Crippen LogP contribution is -2.29. The quantitative estimate of drug-likeness (QED) is 0.271. The van der Waals surface area contributed by atoms with Crippen molar-refractivity contribution in [3.8, 4) is 5.75 Å². The van der Waals surface area contributed by atoms with Gasteiger partial charge in [-0.1, -0.05) is 36.4 Å². The second kappa shape index (κ2) is 11.9. The first kappa shape index (κ1) is 27.4. The Kier molecular flexibility index (Phi) is 8.14. The van der Waals surface area contributed by atoms with Crippen molar-refractivity contribution in [1.29, 1.82) is 0 Å². The molecule has 0 radical (unpaired) electrons. The highest BCUT2D eigenvalue weighted by Gasteiger charge is 2.42. The molecule has 206 valence electrons. The molecule has 1 aliphatic rings. The van der Waals surface area contributed by atoms with E-state index in [1.165, 1.54) is 12.7 Å². The number of nitrogens with one attached hydrogen (secondary N) is 2. The normalized spacial score (nSPS) is 16.6. The molecule has 1 saturated heterocycles. The number of hydrogen-bond acceptors (Lipinski definition) is 5. The van der Waals surface area contributed by atoms with Gasteiger partial charge in [0.1, 0.15) is 12.4 Å². The standard InChI is InChI=1S/C31H33N5O3S/c1-20-16-24(21(2)35(20)18-22-10-6-5-7-11-22)30-29(25-12-8-9-15-32-25)34-31(40)36(30)23-13-14-27(39-4)26(17-23)33-28(37)19-38-3/h5-17,29-30H,18-19H2,1-4H3,(H,33,37)(H,34,40)/t29-,30+/m0/s1. The molecule has 9 heteroatoms. The maximum absolute atomic E-state index is 12.4. The van der Waals surface area contributed by atoms with Crippen LogP contribution in [0.4, 0.5) is 11.4 Å². The number of amides is 1. The van der Waals surface area contributed by atoms with Crippen LogP contribution in [0.3, 0.4) is 0 Å². The molecule has 0 aliphatic carbocycles. The third-order valence-electron chi connectivity index (χ3n) is 7.22. The predicted molar refractivity (Wildman–Crippen MR) is 161 cm³/mol. The summed E-state index contributed by atoms with van der Waals surface area (Å²) in [4.78, 5) is 19.2. The maximum atomic E-state index is 12.4. The summed E-state index contributed by atoms with van der Waals surface area (Å²) in [5, 5.41) is 7.00. The van der Waals surface area contributed by atoms with E-state index in [1.807, 2.05) is 42.5 Å². The largest absolute Gasteiger partial charge is 0.495 e. The molecule has 0 saturated carbocycles. The minimum atomic E-state index is -0.271. The summed E-state index contributed by atoms with van der Waals surface area (Å²) in [6, 6.07) is 23.9. The molecule has 1 aliphatic heterocycles. The van der Waals surface area contributed by atoms with Gasteiger partial charge in [0.05, 0.1) is 30.6 Å². The molecule has 40 heavy (non-hydrogen) atoms. The Labute approximate surface area is 239 Å². The van der Waals surface area contributed by atoms with E-state index in [0.29, 0.717) is 16.5 Å². The second-order valence-electron chi connectivity index (χ2n) is 9.76. The van der Waals surface area contributed by atoms with Crippen LogP contribution >= 0.6 is 12.2 Å². The van der Waals surface area contributed by atoms with Gasteiger partial charge in [-0.15, -0.1) is 0 Å². The highest BCUT2D eigenvalue weighted by Crippen LogP contribution is 2.44. The van der Waals surface area contributed by atoms with Crippen LogP contribution in [-0.2, 0) is 16.1 Å². The Hall–Kier alpha value is -4.21. The number of thiocarbonyl (C=S) groups is 1. The number of methoxy groups -OCH3 is 2. The van der Waals surface area contributed by atoms with E-state index in [0.717, 1.165) is 34.9 Å². The number of pyridine rings is 1. The maximum Gasteiger partial charge on any atom is 0.250 e. The van der Waals surface area contributed by atoms with E-state index in [2.05, 4.69) is 69.3 Å². The van der Waals surface area contributed by atoms with Gasteiger partial charge in [-0.3, -0.25) is 9.78 Å². The van der Waals surface area contributed by atoms with Crippen molar-refractivity contribution in [3.63, 3.8) is 0 Å². The second-order valence-corrected chi connectivity index (χ2v) is 10.1. The number of aromatic nitrogens is 2. The fraction of sp³-hybridized carbons (Fsp3) is 0.258. The minimum Gasteiger partial charge on any atom is -0.495 e. The summed E-state index contributed by atoms with van der Waals surface area (Å²) in [6.07, 6.45) is 1.80. The van der Waals surface area contributed by atoms with Gasteiger partial charge in [-0.05, 0) is 73.6 Å². The summed E-state index contributed by atoms with van der Waals surface area (Å²) in [6.45, 7) is 5.01. The number of nitrogens with zero attached hydrogens (tertiary/aromatic N) is 3. The highest BCUT2D eigenvalue weighted by molar-refractivity contribution is 7.80. The van der Waals surface area contributed by atoms with E-state index in [-0.39, 0.29) is 24.6 Å². The number of carbonyl (C=O) groups excluding carboxylic acids is 1. The van der Waals surface area contributed by atoms with Crippen LogP contribution < -0.4 is 20.3 Å². The number of hydrogen-bond donors (Lipinski definition) is 2. The van der Waals surface area contributed by atoms with Crippen LogP contribution in [0.1, 0.15) is 40.3 Å². The van der Waals surface area contributed by atoms with Gasteiger partial charge in [-0.25, -0.2) is 0 Å². The fourth-order valence-corrected chi connectivity index (χ4v) is 5.69. The molecule has 5 rings (SSSR count). The molecule has 0 unspecified atom stereocenters. The molecule has 1 amide bonds. The monoisotopic (exact) mass is 555 g/mol. The molecule has 4 aromatic rings. The van der Waals surface area contributed by atoms with Crippen LogP contribution in [-0.4, -0.2) is 41.4 Å². The van der Waals surface area contributed by atoms with Crippen LogP contribution in [0.15, 0.2) is 79.0 Å². The zero-order chi connectivity index (χ0) is 28.2. The summed E-state index contributed by atoms with van der Waals surface area (Å²) < 4.78 is 12.9. The smallest absolute Gasteiger partial charge is 0.250 e. The van der Waals surface area contributed by atoms with Crippen molar-refractivity contribution >= 4 is 34.6 Å². The molecule has 1 fully saturated rings. The Bertz CT molecular complexity index is 1510. The SMILES string of the molecule is COCC(=O)Nc1cc(N2C(=S)N[C@@H](c3ccccn3)[C@H]2c2cc(C)n(Cc3ccccc3)c2C)ccc1OC. The molecular formula is C31H33N5O3S. The lowest BCUT2D eigenvalue weighted by atomic mass is 9.96. The summed E-state index contributed by atoms with van der Waals surface area (Å²) in [7, 11) is 3.06. The van der Waals surface area contributed by atoms with E-state index in [1.54, 1.807) is 13.3 Å². The Balaban J connectivity index is 1.60. The summed E-state index contributed by atoms with van der Waals surface area (Å²) in [5.74, 6) is 0.276. The molecule has 0 bridgehead atoms. The first-order valence-electron chi connectivity index (χ1n) is 13.1. The van der Waals surface area contributed by atoms with E-state index in [9.17, 15) is 4.79 Å². The van der Waals surface area contributed by atoms with Crippen LogP contribution in [0, 0.1) is 13.8 Å². The fourth-order valence-electron chi connectivity index (χ4n) is 5.35. The van der Waals surface area contributed by atoms with Gasteiger partial charge < -0.3 is 29.6 Å². The average molecular weight is 556 g/mol. The summed E-state index contributed by atoms with van der Waals surface area (Å²) in [5.41, 5.74) is 6.97. The van der Waals surface area contributed by atoms with Crippen molar-refractivity contribution in [1.82, 2.24) is 14.9 Å². The van der Waals surface area contributed by atoms with Crippen molar-refractivity contribution < 1.29 is 14.3 Å². The van der Waals surface area contributed by atoms with Crippen molar-refractivity contribution in [2.24, 2.45) is 0 Å². The van der Waals surface area contributed by atoms with Crippen LogP contribution in [0.2, 0.25) is 0 Å². The minimum absolute atomic E-state index is 0.0607. The zero-order valence-corrected chi connectivity index (χ0v) is 23.9. The van der Waals surface area contributed by atoms with E-state index >= 15 is 0 Å². The topological polar surface area (TPSA) is 80.7 Å². The molecule has 2 aromatic heterocycles. The lowest BCUT2D eigenvalue weighted by molar-refractivity contribution is -0.119. The first-order chi connectivity index (χ1) is 19.4. The van der Waals surface area contributed by atoms with Gasteiger partial charge >= 0.3 is 0 Å². The van der Waals surface area contributed by atoms with E-state index < -0.39 is 0 Å². The van der Waals surface area contributed by atoms with Crippen molar-refractivity contribution in [3.05, 3.63) is 107 Å². The number of anilines is 2. The average Bonchev–Trinajstić information content (AvgIpc) is 3.45. The highest BCUT2D eigenvalue weighted by atomic mass is 32.1. The Morgan fingerprint density at radius 2 is 1.82 bits per heavy atom. The van der Waals surface area contributed by atoms with Crippen molar-refractivity contribution in [2.75, 3.05) is 31.0 Å². The van der Waals surface area contributed by atoms with E-state index in [4.69, 9.17) is 21.7 Å². The van der Waals surface area contributed by atoms with Gasteiger partial charge in [0, 0.05) is 36.9 Å². The predicted octanol–water partition coefficient (Wildman–Crippen LogP) is 5.32. The number of ether oxygens (including phenoxy) is 2. The van der Waals surface area contributed by atoms with Gasteiger partial charge in [-0.2, -0.15) is 0 Å². The first-order valence-corrected chi connectivity index (χ1v) is 13.5. The number of rotatable bonds is 9. The third-order valence-corrected chi connectivity index (χ3v) is 7.54. The van der Waals surface area contributed by atoms with Crippen LogP contribution in [0.5, 0.6) is 5.75 Å². The molecule has 3 heterocycles. The van der Waals surface area contributed by atoms with Crippen molar-refractivity contribution in [2.45, 2.75) is 32.5 Å². The van der Waals surface area contributed by atoms with Crippen LogP contribution in [0.25, 0.3) is 0 Å². The summed E-state index contributed by atoms with van der Waals surface area (Å²) >= 11 is 5.94. The molecule has 8 nitrogen and oxygen atoms in total. The Morgan fingerprint density at radius 1 is 1.05 bits per heavy atom. The zero-order valence-electron chi connectivity index (χ0n) is 23.0. The molecule has 0 spiro atoms.